The number of methoxy groups -OCH3 is 3. The van der Waals surface area contributed by atoms with E-state index in [1.807, 2.05) is 30.3 Å². The average Bonchev–Trinajstić information content (AvgIpc) is 3.05. The van der Waals surface area contributed by atoms with Crippen molar-refractivity contribution < 1.29 is 23.8 Å². The zero-order chi connectivity index (χ0) is 30.2. The highest BCUT2D eigenvalue weighted by atomic mass is 16.5. The Morgan fingerprint density at radius 3 is 1.98 bits per heavy atom. The predicted octanol–water partition coefficient (Wildman–Crippen LogP) is 5.75. The molecule has 0 spiro atoms. The maximum atomic E-state index is 13.7. The number of hydrogen-bond acceptors (Lipinski definition) is 7. The number of nitrogens with one attached hydrogen (secondary N) is 3. The highest BCUT2D eigenvalue weighted by molar-refractivity contribution is 6.04. The lowest BCUT2D eigenvalue weighted by molar-refractivity contribution is 0.0928. The summed E-state index contributed by atoms with van der Waals surface area (Å²) >= 11 is 0. The van der Waals surface area contributed by atoms with Crippen LogP contribution in [0.5, 0.6) is 17.2 Å². The number of nitrogens with zero attached hydrogens (tertiary/aromatic N) is 2. The molecule has 43 heavy (non-hydrogen) atoms. The Balaban J connectivity index is 1.33. The SMILES string of the molecule is COc1cc(NC(=O)Nc2ccc(N3CCN(c4ccccc4OC)CC3)c(C(=O)NC3CCCCC3)c2)cc(OC)c1. The topological polar surface area (TPSA) is 104 Å². The van der Waals surface area contributed by atoms with E-state index in [-0.39, 0.29) is 11.9 Å². The minimum absolute atomic E-state index is 0.115. The number of anilines is 4. The van der Waals surface area contributed by atoms with Crippen molar-refractivity contribution in [3.63, 3.8) is 0 Å². The summed E-state index contributed by atoms with van der Waals surface area (Å²) in [5.41, 5.74) is 3.53. The fourth-order valence-corrected chi connectivity index (χ4v) is 5.83. The number of rotatable bonds is 9. The predicted molar refractivity (Wildman–Crippen MR) is 170 cm³/mol. The number of hydrogen-bond donors (Lipinski definition) is 3. The molecule has 1 saturated heterocycles. The van der Waals surface area contributed by atoms with Crippen molar-refractivity contribution >= 4 is 34.7 Å². The molecule has 2 aliphatic rings. The van der Waals surface area contributed by atoms with Crippen molar-refractivity contribution in [3.05, 3.63) is 66.2 Å². The van der Waals surface area contributed by atoms with E-state index in [0.29, 0.717) is 28.4 Å². The minimum atomic E-state index is -0.438. The molecule has 0 radical (unpaired) electrons. The van der Waals surface area contributed by atoms with E-state index in [2.05, 4.69) is 31.8 Å². The first-order valence-corrected chi connectivity index (χ1v) is 14.9. The van der Waals surface area contributed by atoms with Crippen LogP contribution in [0.15, 0.2) is 60.7 Å². The van der Waals surface area contributed by atoms with Crippen molar-refractivity contribution in [2.24, 2.45) is 0 Å². The first-order valence-electron chi connectivity index (χ1n) is 14.9. The molecule has 2 fully saturated rings. The molecule has 3 amide bonds. The highest BCUT2D eigenvalue weighted by Gasteiger charge is 2.25. The molecule has 1 heterocycles. The van der Waals surface area contributed by atoms with Crippen LogP contribution in [0.25, 0.3) is 0 Å². The molecule has 1 saturated carbocycles. The molecule has 0 unspecified atom stereocenters. The van der Waals surface area contributed by atoms with Gasteiger partial charge in [0.25, 0.3) is 5.91 Å². The van der Waals surface area contributed by atoms with Gasteiger partial charge in [-0.05, 0) is 43.2 Å². The molecular formula is C33H41N5O5. The molecule has 1 aliphatic heterocycles. The van der Waals surface area contributed by atoms with Crippen LogP contribution >= 0.6 is 0 Å². The van der Waals surface area contributed by atoms with E-state index in [1.54, 1.807) is 45.6 Å². The molecule has 0 atom stereocenters. The molecule has 3 N–H and O–H groups in total. The van der Waals surface area contributed by atoms with Gasteiger partial charge in [0.1, 0.15) is 17.2 Å². The number of benzene rings is 3. The van der Waals surface area contributed by atoms with E-state index in [0.717, 1.165) is 69.0 Å². The standard InChI is InChI=1S/C33H41N5O5/c1-41-26-19-25(20-27(22-26)42-2)36-33(40)35-24-13-14-29(28(21-24)32(39)34-23-9-5-4-6-10-23)37-15-17-38(18-16-37)30-11-7-8-12-31(30)43-3/h7-8,11-14,19-23H,4-6,9-10,15-18H2,1-3H3,(H,34,39)(H2,35,36,40). The number of piperazine rings is 1. The zero-order valence-corrected chi connectivity index (χ0v) is 25.2. The van der Waals surface area contributed by atoms with Crippen LogP contribution in [-0.4, -0.2) is 65.5 Å². The second-order valence-electron chi connectivity index (χ2n) is 10.9. The molecule has 228 valence electrons. The van der Waals surface area contributed by atoms with Crippen LogP contribution in [-0.2, 0) is 0 Å². The largest absolute Gasteiger partial charge is 0.497 e. The van der Waals surface area contributed by atoms with Crippen molar-refractivity contribution in [1.29, 1.82) is 0 Å². The van der Waals surface area contributed by atoms with Crippen molar-refractivity contribution in [3.8, 4) is 17.2 Å². The molecule has 5 rings (SSSR count). The fourth-order valence-electron chi connectivity index (χ4n) is 5.83. The number of amides is 3. The van der Waals surface area contributed by atoms with E-state index in [9.17, 15) is 9.59 Å². The summed E-state index contributed by atoms with van der Waals surface area (Å²) in [7, 11) is 4.80. The van der Waals surface area contributed by atoms with Gasteiger partial charge in [0.05, 0.1) is 32.6 Å². The molecule has 10 nitrogen and oxygen atoms in total. The van der Waals surface area contributed by atoms with Gasteiger partial charge >= 0.3 is 6.03 Å². The number of para-hydroxylation sites is 2. The Morgan fingerprint density at radius 1 is 0.698 bits per heavy atom. The highest BCUT2D eigenvalue weighted by Crippen LogP contribution is 2.32. The van der Waals surface area contributed by atoms with Gasteiger partial charge in [-0.15, -0.1) is 0 Å². The summed E-state index contributed by atoms with van der Waals surface area (Å²) in [6.07, 6.45) is 5.44. The normalized spacial score (nSPS) is 15.4. The first-order chi connectivity index (χ1) is 21.0. The summed E-state index contributed by atoms with van der Waals surface area (Å²) in [5.74, 6) is 1.86. The van der Waals surface area contributed by atoms with E-state index >= 15 is 0 Å². The maximum Gasteiger partial charge on any atom is 0.323 e. The van der Waals surface area contributed by atoms with E-state index < -0.39 is 6.03 Å². The van der Waals surface area contributed by atoms with Gasteiger partial charge in [-0.2, -0.15) is 0 Å². The zero-order valence-electron chi connectivity index (χ0n) is 25.2. The van der Waals surface area contributed by atoms with Crippen molar-refractivity contribution in [2.45, 2.75) is 38.1 Å². The Hall–Kier alpha value is -4.60. The number of urea groups is 1. The van der Waals surface area contributed by atoms with Crippen LogP contribution in [0, 0.1) is 0 Å². The van der Waals surface area contributed by atoms with Crippen LogP contribution in [0.1, 0.15) is 42.5 Å². The number of ether oxygens (including phenoxy) is 3. The Bertz CT molecular complexity index is 1390. The molecule has 10 heteroatoms. The average molecular weight is 588 g/mol. The number of carbonyl (C=O) groups is 2. The second kappa shape index (κ2) is 14.0. The summed E-state index contributed by atoms with van der Waals surface area (Å²) in [4.78, 5) is 31.2. The van der Waals surface area contributed by atoms with Crippen LogP contribution < -0.4 is 40.0 Å². The van der Waals surface area contributed by atoms with Crippen LogP contribution in [0.4, 0.5) is 27.5 Å². The molecule has 3 aromatic rings. The Morgan fingerprint density at radius 2 is 1.33 bits per heavy atom. The molecule has 3 aromatic carbocycles. The second-order valence-corrected chi connectivity index (χ2v) is 10.9. The van der Waals surface area contributed by atoms with Gasteiger partial charge in [-0.25, -0.2) is 4.79 Å². The van der Waals surface area contributed by atoms with E-state index in [1.165, 1.54) is 6.42 Å². The van der Waals surface area contributed by atoms with Crippen LogP contribution in [0.2, 0.25) is 0 Å². The fraction of sp³-hybridized carbons (Fsp3) is 0.394. The quantitative estimate of drug-likeness (QED) is 0.293. The third-order valence-corrected chi connectivity index (χ3v) is 8.09. The van der Waals surface area contributed by atoms with Gasteiger partial charge in [-0.1, -0.05) is 31.4 Å². The van der Waals surface area contributed by atoms with Gasteiger partial charge in [0, 0.05) is 67.5 Å². The lowest BCUT2D eigenvalue weighted by Crippen LogP contribution is -2.47. The molecule has 0 aromatic heterocycles. The smallest absolute Gasteiger partial charge is 0.323 e. The Kier molecular flexibility index (Phi) is 9.76. The van der Waals surface area contributed by atoms with Crippen LogP contribution in [0.3, 0.4) is 0 Å². The maximum absolute atomic E-state index is 13.7. The van der Waals surface area contributed by atoms with Crippen molar-refractivity contribution in [1.82, 2.24) is 5.32 Å². The van der Waals surface area contributed by atoms with Crippen molar-refractivity contribution in [2.75, 3.05) is 67.9 Å². The molecule has 1 aliphatic carbocycles. The van der Waals surface area contributed by atoms with Gasteiger partial charge < -0.3 is 40.0 Å². The third-order valence-electron chi connectivity index (χ3n) is 8.09. The summed E-state index contributed by atoms with van der Waals surface area (Å²) < 4.78 is 16.2. The molecular weight excluding hydrogens is 546 g/mol. The minimum Gasteiger partial charge on any atom is -0.497 e. The molecule has 0 bridgehead atoms. The summed E-state index contributed by atoms with van der Waals surface area (Å²) in [6.45, 7) is 3.06. The Labute approximate surface area is 253 Å². The van der Waals surface area contributed by atoms with Gasteiger partial charge in [-0.3, -0.25) is 4.79 Å². The van der Waals surface area contributed by atoms with Gasteiger partial charge in [0.2, 0.25) is 0 Å². The lowest BCUT2D eigenvalue weighted by Gasteiger charge is -2.38. The summed E-state index contributed by atoms with van der Waals surface area (Å²) in [6, 6.07) is 18.4. The monoisotopic (exact) mass is 587 g/mol. The van der Waals surface area contributed by atoms with Gasteiger partial charge in [0.15, 0.2) is 0 Å². The van der Waals surface area contributed by atoms with E-state index in [4.69, 9.17) is 14.2 Å². The number of carbonyl (C=O) groups excluding carboxylic acids is 2. The lowest BCUT2D eigenvalue weighted by atomic mass is 9.95. The third kappa shape index (κ3) is 7.43. The first kappa shape index (κ1) is 29.9. The summed E-state index contributed by atoms with van der Waals surface area (Å²) in [5, 5.41) is 8.97.